The molecular weight excluding hydrogens is 298 g/mol. The van der Waals surface area contributed by atoms with Gasteiger partial charge in [0.25, 0.3) is 0 Å². The van der Waals surface area contributed by atoms with Gasteiger partial charge in [0, 0.05) is 37.6 Å². The van der Waals surface area contributed by atoms with E-state index >= 15 is 0 Å². The van der Waals surface area contributed by atoms with Crippen molar-refractivity contribution in [2.45, 2.75) is 44.2 Å². The van der Waals surface area contributed by atoms with Crippen LogP contribution in [-0.4, -0.2) is 32.1 Å². The van der Waals surface area contributed by atoms with Crippen LogP contribution >= 0.6 is 11.6 Å². The number of rotatable bonds is 4. The van der Waals surface area contributed by atoms with Gasteiger partial charge in [-0.3, -0.25) is 4.79 Å². The summed E-state index contributed by atoms with van der Waals surface area (Å²) in [5, 5.41) is 7.30. The number of nitrogens with zero attached hydrogens (tertiary/aromatic N) is 1. The van der Waals surface area contributed by atoms with Gasteiger partial charge in [-0.05, 0) is 49.8 Å². The first-order chi connectivity index (χ1) is 10.5. The molecule has 120 valence electrons. The first-order valence-corrected chi connectivity index (χ1v) is 8.42. The number of hydrogen-bond acceptors (Lipinski definition) is 3. The predicted molar refractivity (Wildman–Crippen MR) is 91.7 cm³/mol. The highest BCUT2D eigenvalue weighted by atomic mass is 35.5. The molecule has 0 aromatic heterocycles. The molecule has 2 unspecified atom stereocenters. The number of piperidine rings is 1. The number of fused-ring (bicyclic) bond motifs is 2. The molecule has 22 heavy (non-hydrogen) atoms. The number of carbonyl (C=O) groups is 1. The Morgan fingerprint density at radius 1 is 1.32 bits per heavy atom. The van der Waals surface area contributed by atoms with Gasteiger partial charge in [-0.1, -0.05) is 11.6 Å². The van der Waals surface area contributed by atoms with Crippen molar-refractivity contribution in [2.24, 2.45) is 5.92 Å². The minimum Gasteiger partial charge on any atom is -0.376 e. The van der Waals surface area contributed by atoms with Crippen molar-refractivity contribution in [3.05, 3.63) is 23.2 Å². The Morgan fingerprint density at radius 3 is 2.64 bits per heavy atom. The van der Waals surface area contributed by atoms with Crippen LogP contribution in [0.25, 0.3) is 0 Å². The third-order valence-corrected chi connectivity index (χ3v) is 4.99. The normalized spacial score (nSPS) is 26.8. The average molecular weight is 322 g/mol. The summed E-state index contributed by atoms with van der Waals surface area (Å²) in [7, 11) is 3.92. The smallest absolute Gasteiger partial charge is 0.224 e. The number of amides is 1. The molecule has 2 saturated heterocycles. The molecule has 0 saturated carbocycles. The van der Waals surface area contributed by atoms with Crippen LogP contribution in [0.5, 0.6) is 0 Å². The fourth-order valence-corrected chi connectivity index (χ4v) is 3.98. The van der Waals surface area contributed by atoms with Crippen molar-refractivity contribution in [3.8, 4) is 0 Å². The molecule has 3 rings (SSSR count). The topological polar surface area (TPSA) is 44.4 Å². The van der Waals surface area contributed by atoms with E-state index < -0.39 is 0 Å². The first-order valence-electron chi connectivity index (χ1n) is 8.04. The van der Waals surface area contributed by atoms with E-state index in [4.69, 9.17) is 11.6 Å². The van der Waals surface area contributed by atoms with E-state index in [9.17, 15) is 4.79 Å². The van der Waals surface area contributed by atoms with Crippen LogP contribution in [0.15, 0.2) is 18.2 Å². The van der Waals surface area contributed by atoms with Crippen molar-refractivity contribution in [2.75, 3.05) is 24.3 Å². The highest BCUT2D eigenvalue weighted by Crippen LogP contribution is 2.33. The lowest BCUT2D eigenvalue weighted by Crippen LogP contribution is -2.39. The Morgan fingerprint density at radius 2 is 2.00 bits per heavy atom. The van der Waals surface area contributed by atoms with Crippen LogP contribution in [0.3, 0.4) is 0 Å². The number of anilines is 2. The van der Waals surface area contributed by atoms with Crippen LogP contribution in [-0.2, 0) is 4.79 Å². The van der Waals surface area contributed by atoms with Crippen molar-refractivity contribution in [3.63, 3.8) is 0 Å². The van der Waals surface area contributed by atoms with Crippen LogP contribution in [0.1, 0.15) is 32.1 Å². The van der Waals surface area contributed by atoms with Gasteiger partial charge in [0.1, 0.15) is 0 Å². The summed E-state index contributed by atoms with van der Waals surface area (Å²) in [6.45, 7) is 0. The molecule has 5 heteroatoms. The van der Waals surface area contributed by atoms with Gasteiger partial charge < -0.3 is 15.5 Å². The predicted octanol–water partition coefficient (Wildman–Crippen LogP) is 3.27. The van der Waals surface area contributed by atoms with E-state index in [-0.39, 0.29) is 5.91 Å². The summed E-state index contributed by atoms with van der Waals surface area (Å²) in [6, 6.07) is 6.85. The lowest BCUT2D eigenvalue weighted by Gasteiger charge is -2.28. The summed E-state index contributed by atoms with van der Waals surface area (Å²) >= 11 is 6.07. The Balaban J connectivity index is 1.63. The molecule has 2 aliphatic rings. The van der Waals surface area contributed by atoms with Gasteiger partial charge in [0.15, 0.2) is 0 Å². The van der Waals surface area contributed by atoms with Crippen LogP contribution < -0.4 is 15.5 Å². The van der Waals surface area contributed by atoms with Gasteiger partial charge in [0.05, 0.1) is 11.4 Å². The van der Waals surface area contributed by atoms with Crippen LogP contribution in [0.4, 0.5) is 11.4 Å². The second-order valence-corrected chi connectivity index (χ2v) is 7.22. The Hall–Kier alpha value is -1.26. The zero-order valence-electron chi connectivity index (χ0n) is 13.2. The molecule has 2 bridgehead atoms. The third kappa shape index (κ3) is 3.55. The van der Waals surface area contributed by atoms with Gasteiger partial charge in [0.2, 0.25) is 5.91 Å². The van der Waals surface area contributed by atoms with Gasteiger partial charge >= 0.3 is 0 Å². The van der Waals surface area contributed by atoms with E-state index in [0.717, 1.165) is 24.2 Å². The fourth-order valence-electron chi connectivity index (χ4n) is 3.80. The van der Waals surface area contributed by atoms with E-state index in [1.165, 1.54) is 12.8 Å². The minimum absolute atomic E-state index is 0.0941. The van der Waals surface area contributed by atoms with Crippen LogP contribution in [0.2, 0.25) is 5.02 Å². The van der Waals surface area contributed by atoms with Crippen LogP contribution in [0, 0.1) is 5.92 Å². The van der Waals surface area contributed by atoms with E-state index in [2.05, 4.69) is 10.6 Å². The lowest BCUT2D eigenvalue weighted by atomic mass is 9.89. The Labute approximate surface area is 137 Å². The molecule has 1 aromatic rings. The van der Waals surface area contributed by atoms with Gasteiger partial charge in [-0.15, -0.1) is 0 Å². The second-order valence-electron chi connectivity index (χ2n) is 6.78. The molecule has 2 fully saturated rings. The largest absolute Gasteiger partial charge is 0.376 e. The molecule has 0 aliphatic carbocycles. The number of halogens is 1. The maximum atomic E-state index is 12.4. The number of carbonyl (C=O) groups excluding carboxylic acids is 1. The van der Waals surface area contributed by atoms with Crippen molar-refractivity contribution in [1.82, 2.24) is 5.32 Å². The second kappa shape index (κ2) is 6.47. The summed E-state index contributed by atoms with van der Waals surface area (Å²) in [6.07, 6.45) is 5.39. The van der Waals surface area contributed by atoms with Crippen molar-refractivity contribution in [1.29, 1.82) is 0 Å². The lowest BCUT2D eigenvalue weighted by molar-refractivity contribution is -0.117. The maximum absolute atomic E-state index is 12.4. The first kappa shape index (κ1) is 15.6. The number of hydrogen-bond donors (Lipinski definition) is 2. The van der Waals surface area contributed by atoms with E-state index in [1.54, 1.807) is 0 Å². The molecule has 2 N–H and O–H groups in total. The highest BCUT2D eigenvalue weighted by Gasteiger charge is 2.34. The van der Waals surface area contributed by atoms with Gasteiger partial charge in [-0.25, -0.2) is 0 Å². The molecule has 0 radical (unpaired) electrons. The molecule has 1 amide bonds. The summed E-state index contributed by atoms with van der Waals surface area (Å²) in [4.78, 5) is 14.4. The molecule has 2 aliphatic heterocycles. The number of benzene rings is 1. The Kier molecular flexibility index (Phi) is 4.59. The molecular formula is C17H24ClN3O. The standard InChI is InChI=1S/C17H24ClN3O/c1-21(2)16-6-3-12(18)10-15(16)20-17(22)9-11-7-13-4-5-14(8-11)19-13/h3,6,10-11,13-14,19H,4-5,7-9H2,1-2H3,(H,20,22). The molecule has 1 aromatic carbocycles. The zero-order valence-corrected chi connectivity index (χ0v) is 14.0. The van der Waals surface area contributed by atoms with Crippen molar-refractivity contribution >= 4 is 28.9 Å². The van der Waals surface area contributed by atoms with Gasteiger partial charge in [-0.2, -0.15) is 0 Å². The maximum Gasteiger partial charge on any atom is 0.224 e. The quantitative estimate of drug-likeness (QED) is 0.894. The van der Waals surface area contributed by atoms with E-state index in [1.807, 2.05) is 37.2 Å². The minimum atomic E-state index is 0.0941. The zero-order chi connectivity index (χ0) is 15.7. The monoisotopic (exact) mass is 321 g/mol. The Bertz CT molecular complexity index is 549. The average Bonchev–Trinajstić information content (AvgIpc) is 2.77. The highest BCUT2D eigenvalue weighted by molar-refractivity contribution is 6.31. The van der Waals surface area contributed by atoms with Crippen molar-refractivity contribution < 1.29 is 4.79 Å². The molecule has 4 nitrogen and oxygen atoms in total. The molecule has 2 atom stereocenters. The molecule has 2 heterocycles. The fraction of sp³-hybridized carbons (Fsp3) is 0.588. The number of nitrogens with one attached hydrogen (secondary N) is 2. The summed E-state index contributed by atoms with van der Waals surface area (Å²) in [5.41, 5.74) is 1.77. The molecule has 0 spiro atoms. The summed E-state index contributed by atoms with van der Waals surface area (Å²) in [5.74, 6) is 0.595. The summed E-state index contributed by atoms with van der Waals surface area (Å²) < 4.78 is 0. The SMILES string of the molecule is CN(C)c1ccc(Cl)cc1NC(=O)CC1CC2CCC(C1)N2. The third-order valence-electron chi connectivity index (χ3n) is 4.76. The van der Waals surface area contributed by atoms with E-state index in [0.29, 0.717) is 29.4 Å².